The molecular formula is C26H31N5O. The second-order valence-corrected chi connectivity index (χ2v) is 8.74. The summed E-state index contributed by atoms with van der Waals surface area (Å²) in [6, 6.07) is 12.5. The minimum Gasteiger partial charge on any atom is -0.333 e. The Labute approximate surface area is 190 Å². The van der Waals surface area contributed by atoms with E-state index in [1.54, 1.807) is 18.6 Å². The largest absolute Gasteiger partial charge is 0.333 e. The number of amides is 1. The number of carbonyl (C=O) groups is 1. The Hall–Kier alpha value is -3.12. The molecular weight excluding hydrogens is 398 g/mol. The lowest BCUT2D eigenvalue weighted by molar-refractivity contribution is 0.0665. The van der Waals surface area contributed by atoms with Crippen LogP contribution in [0.4, 0.5) is 0 Å². The van der Waals surface area contributed by atoms with Crippen molar-refractivity contribution >= 4 is 5.91 Å². The first-order chi connectivity index (χ1) is 15.6. The molecule has 1 fully saturated rings. The van der Waals surface area contributed by atoms with Gasteiger partial charge in [0.15, 0.2) is 0 Å². The number of nitrogens with zero attached hydrogens (tertiary/aromatic N) is 5. The third-order valence-corrected chi connectivity index (χ3v) is 6.22. The van der Waals surface area contributed by atoms with Gasteiger partial charge in [0.2, 0.25) is 0 Å². The molecule has 0 spiro atoms. The Morgan fingerprint density at radius 3 is 2.53 bits per heavy atom. The summed E-state index contributed by atoms with van der Waals surface area (Å²) >= 11 is 0. The average Bonchev–Trinajstić information content (AvgIpc) is 2.82. The number of rotatable bonds is 7. The summed E-state index contributed by atoms with van der Waals surface area (Å²) in [6.45, 7) is 8.41. The van der Waals surface area contributed by atoms with Crippen LogP contribution in [-0.2, 0) is 13.1 Å². The molecule has 3 heterocycles. The maximum absolute atomic E-state index is 13.3. The molecule has 1 aromatic carbocycles. The minimum atomic E-state index is -0.0660. The lowest BCUT2D eigenvalue weighted by atomic mass is 9.95. The second-order valence-electron chi connectivity index (χ2n) is 8.74. The van der Waals surface area contributed by atoms with Crippen LogP contribution in [0.1, 0.15) is 45.7 Å². The summed E-state index contributed by atoms with van der Waals surface area (Å²) in [5.41, 5.74) is 4.98. The van der Waals surface area contributed by atoms with Gasteiger partial charge in [-0.1, -0.05) is 30.3 Å². The predicted molar refractivity (Wildman–Crippen MR) is 125 cm³/mol. The molecule has 1 amide bonds. The molecule has 2 aromatic heterocycles. The van der Waals surface area contributed by atoms with E-state index in [4.69, 9.17) is 0 Å². The summed E-state index contributed by atoms with van der Waals surface area (Å²) in [7, 11) is 0. The zero-order valence-corrected chi connectivity index (χ0v) is 18.9. The van der Waals surface area contributed by atoms with Gasteiger partial charge in [-0.05, 0) is 68.5 Å². The number of aromatic nitrogens is 3. The fourth-order valence-corrected chi connectivity index (χ4v) is 4.26. The molecule has 166 valence electrons. The molecule has 0 atom stereocenters. The molecule has 3 aromatic rings. The molecule has 32 heavy (non-hydrogen) atoms. The van der Waals surface area contributed by atoms with Crippen LogP contribution in [-0.4, -0.2) is 50.3 Å². The molecule has 0 saturated carbocycles. The van der Waals surface area contributed by atoms with Crippen molar-refractivity contribution in [1.82, 2.24) is 24.8 Å². The van der Waals surface area contributed by atoms with Gasteiger partial charge >= 0.3 is 0 Å². The quantitative estimate of drug-likeness (QED) is 0.567. The van der Waals surface area contributed by atoms with E-state index in [1.807, 2.05) is 30.2 Å². The maximum atomic E-state index is 13.3. The normalized spacial score (nSPS) is 14.9. The van der Waals surface area contributed by atoms with E-state index in [-0.39, 0.29) is 5.91 Å². The van der Waals surface area contributed by atoms with E-state index >= 15 is 0 Å². The van der Waals surface area contributed by atoms with Crippen molar-refractivity contribution in [3.63, 3.8) is 0 Å². The first-order valence-corrected chi connectivity index (χ1v) is 11.3. The second kappa shape index (κ2) is 10.5. The zero-order valence-electron chi connectivity index (χ0n) is 18.9. The highest BCUT2D eigenvalue weighted by Crippen LogP contribution is 2.22. The molecule has 0 N–H and O–H groups in total. The van der Waals surface area contributed by atoms with Crippen LogP contribution >= 0.6 is 0 Å². The fourth-order valence-electron chi connectivity index (χ4n) is 4.26. The van der Waals surface area contributed by atoms with Crippen molar-refractivity contribution in [1.29, 1.82) is 0 Å². The maximum Gasteiger partial charge on any atom is 0.274 e. The van der Waals surface area contributed by atoms with Crippen LogP contribution in [0.15, 0.2) is 61.2 Å². The van der Waals surface area contributed by atoms with Crippen LogP contribution < -0.4 is 0 Å². The zero-order chi connectivity index (χ0) is 22.3. The highest BCUT2D eigenvalue weighted by atomic mass is 16.2. The van der Waals surface area contributed by atoms with Crippen LogP contribution in [0.25, 0.3) is 0 Å². The molecule has 4 rings (SSSR count). The topological polar surface area (TPSA) is 62.2 Å². The molecule has 0 aliphatic carbocycles. The van der Waals surface area contributed by atoms with Crippen molar-refractivity contribution in [2.24, 2.45) is 5.92 Å². The Morgan fingerprint density at radius 2 is 1.84 bits per heavy atom. The third-order valence-electron chi connectivity index (χ3n) is 6.22. The number of benzene rings is 1. The molecule has 0 bridgehead atoms. The van der Waals surface area contributed by atoms with Crippen LogP contribution in [0, 0.1) is 19.8 Å². The van der Waals surface area contributed by atoms with E-state index in [0.717, 1.165) is 50.3 Å². The van der Waals surface area contributed by atoms with Crippen LogP contribution in [0.3, 0.4) is 0 Å². The predicted octanol–water partition coefficient (Wildman–Crippen LogP) is 4.04. The molecule has 0 radical (unpaired) electrons. The van der Waals surface area contributed by atoms with E-state index in [9.17, 15) is 4.79 Å². The number of pyridine rings is 1. The summed E-state index contributed by atoms with van der Waals surface area (Å²) < 4.78 is 0. The molecule has 1 saturated heterocycles. The van der Waals surface area contributed by atoms with Crippen LogP contribution in [0.2, 0.25) is 0 Å². The summed E-state index contributed by atoms with van der Waals surface area (Å²) in [4.78, 5) is 30.5. The lowest BCUT2D eigenvalue weighted by Gasteiger charge is -2.35. The van der Waals surface area contributed by atoms with Gasteiger partial charge in [-0.15, -0.1) is 0 Å². The molecule has 6 nitrogen and oxygen atoms in total. The van der Waals surface area contributed by atoms with Gasteiger partial charge in [0.05, 0.1) is 11.9 Å². The van der Waals surface area contributed by atoms with Crippen molar-refractivity contribution in [2.75, 3.05) is 19.6 Å². The highest BCUT2D eigenvalue weighted by Gasteiger charge is 2.25. The van der Waals surface area contributed by atoms with Gasteiger partial charge < -0.3 is 4.90 Å². The van der Waals surface area contributed by atoms with Gasteiger partial charge in [0.1, 0.15) is 5.69 Å². The van der Waals surface area contributed by atoms with Gasteiger partial charge in [-0.25, -0.2) is 4.98 Å². The fraction of sp³-hybridized carbons (Fsp3) is 0.385. The first-order valence-electron chi connectivity index (χ1n) is 11.3. The lowest BCUT2D eigenvalue weighted by Crippen LogP contribution is -2.40. The SMILES string of the molecule is Cc1cnc(C(=O)N(Cc2cccnc2)CC2CCN(Cc3ccccc3C)CC2)cn1. The highest BCUT2D eigenvalue weighted by molar-refractivity contribution is 5.92. The molecule has 0 unspecified atom stereocenters. The standard InChI is InChI=1S/C26H31N5O/c1-20-6-3-4-8-24(20)19-30-12-9-22(10-13-30)17-31(18-23-7-5-11-27-15-23)26(32)25-16-28-21(2)14-29-25/h3-8,11,14-16,22H,9-10,12-13,17-19H2,1-2H3. The van der Waals surface area contributed by atoms with Gasteiger partial charge in [-0.3, -0.25) is 19.7 Å². The van der Waals surface area contributed by atoms with Crippen molar-refractivity contribution in [2.45, 2.75) is 39.8 Å². The van der Waals surface area contributed by atoms with E-state index in [2.05, 4.69) is 51.0 Å². The number of hydrogen-bond donors (Lipinski definition) is 0. The Morgan fingerprint density at radius 1 is 1.03 bits per heavy atom. The number of aryl methyl sites for hydroxylation is 2. The average molecular weight is 430 g/mol. The smallest absolute Gasteiger partial charge is 0.274 e. The Kier molecular flexibility index (Phi) is 7.22. The number of likely N-dealkylation sites (tertiary alicyclic amines) is 1. The summed E-state index contributed by atoms with van der Waals surface area (Å²) in [6.07, 6.45) is 8.99. The summed E-state index contributed by atoms with van der Waals surface area (Å²) in [5, 5.41) is 0. The van der Waals surface area contributed by atoms with Crippen molar-refractivity contribution < 1.29 is 4.79 Å². The van der Waals surface area contributed by atoms with E-state index in [0.29, 0.717) is 18.2 Å². The van der Waals surface area contributed by atoms with Gasteiger partial charge in [0, 0.05) is 38.2 Å². The number of piperidine rings is 1. The third kappa shape index (κ3) is 5.77. The van der Waals surface area contributed by atoms with Crippen molar-refractivity contribution in [3.8, 4) is 0 Å². The minimum absolute atomic E-state index is 0.0660. The Bertz CT molecular complexity index is 1010. The molecule has 1 aliphatic heterocycles. The number of carbonyl (C=O) groups excluding carboxylic acids is 1. The molecule has 1 aliphatic rings. The van der Waals surface area contributed by atoms with Gasteiger partial charge in [-0.2, -0.15) is 0 Å². The monoisotopic (exact) mass is 429 g/mol. The Balaban J connectivity index is 1.40. The van der Waals surface area contributed by atoms with E-state index in [1.165, 1.54) is 11.1 Å². The molecule has 6 heteroatoms. The summed E-state index contributed by atoms with van der Waals surface area (Å²) in [5.74, 6) is 0.408. The van der Waals surface area contributed by atoms with E-state index < -0.39 is 0 Å². The number of hydrogen-bond acceptors (Lipinski definition) is 5. The van der Waals surface area contributed by atoms with Gasteiger partial charge in [0.25, 0.3) is 5.91 Å². The first kappa shape index (κ1) is 22.1. The van der Waals surface area contributed by atoms with Crippen LogP contribution in [0.5, 0.6) is 0 Å². The van der Waals surface area contributed by atoms with Crippen molar-refractivity contribution in [3.05, 3.63) is 89.3 Å².